The molecular formula is C12H14N2O3S. The van der Waals surface area contributed by atoms with Crippen LogP contribution in [0, 0.1) is 0 Å². The Morgan fingerprint density at radius 1 is 1.22 bits per heavy atom. The average molecular weight is 266 g/mol. The van der Waals surface area contributed by atoms with Gasteiger partial charge in [0.15, 0.2) is 0 Å². The van der Waals surface area contributed by atoms with Crippen molar-refractivity contribution in [1.29, 1.82) is 0 Å². The molecule has 5 nitrogen and oxygen atoms in total. The van der Waals surface area contributed by atoms with Gasteiger partial charge >= 0.3 is 0 Å². The molecule has 0 aromatic heterocycles. The van der Waals surface area contributed by atoms with Gasteiger partial charge in [-0.1, -0.05) is 18.2 Å². The molecule has 96 valence electrons. The fourth-order valence-corrected chi connectivity index (χ4v) is 1.68. The van der Waals surface area contributed by atoms with Crippen molar-refractivity contribution in [3.8, 4) is 0 Å². The minimum atomic E-state index is -3.70. The normalized spacial score (nSPS) is 12.1. The minimum Gasteiger partial charge on any atom is -0.323 e. The maximum Gasteiger partial charge on any atom is 0.248 e. The molecule has 0 fully saturated rings. The van der Waals surface area contributed by atoms with Gasteiger partial charge in [-0.2, -0.15) is 0 Å². The largest absolute Gasteiger partial charge is 0.323 e. The number of amides is 1. The summed E-state index contributed by atoms with van der Waals surface area (Å²) in [7, 11) is -3.70. The van der Waals surface area contributed by atoms with E-state index in [1.807, 2.05) is 6.92 Å². The number of sulfonamides is 1. The predicted octanol–water partition coefficient (Wildman–Crippen LogP) is 1.40. The highest BCUT2D eigenvalue weighted by Gasteiger charge is 2.06. The average Bonchev–Trinajstić information content (AvgIpc) is 2.29. The van der Waals surface area contributed by atoms with E-state index in [-0.39, 0.29) is 10.8 Å². The Bertz CT molecular complexity index is 572. The number of carbonyl (C=O) groups excluding carboxylic acids is 1. The Balaban J connectivity index is 2.73. The number of benzene rings is 1. The maximum absolute atomic E-state index is 11.4. The van der Waals surface area contributed by atoms with Crippen LogP contribution < -0.4 is 10.5 Å². The minimum absolute atomic E-state index is 0.00459. The highest BCUT2D eigenvalue weighted by Crippen LogP contribution is 2.12. The Morgan fingerprint density at radius 2 is 1.83 bits per heavy atom. The van der Waals surface area contributed by atoms with Crippen molar-refractivity contribution in [1.82, 2.24) is 0 Å². The first-order valence-corrected chi connectivity index (χ1v) is 6.71. The number of nitrogens with one attached hydrogen (secondary N) is 1. The van der Waals surface area contributed by atoms with E-state index < -0.39 is 10.0 Å². The second-order valence-corrected chi connectivity index (χ2v) is 5.00. The Morgan fingerprint density at radius 3 is 2.33 bits per heavy atom. The zero-order valence-electron chi connectivity index (χ0n) is 9.83. The first-order chi connectivity index (χ1) is 8.43. The van der Waals surface area contributed by atoms with Gasteiger partial charge in [-0.05, 0) is 31.2 Å². The monoisotopic (exact) mass is 266 g/mol. The predicted molar refractivity (Wildman–Crippen MR) is 70.4 cm³/mol. The third-order valence-corrected chi connectivity index (χ3v) is 2.93. The first kappa shape index (κ1) is 14.1. The quantitative estimate of drug-likeness (QED) is 0.637. The number of hydrogen-bond donors (Lipinski definition) is 2. The van der Waals surface area contributed by atoms with Crippen LogP contribution in [-0.2, 0) is 14.8 Å². The van der Waals surface area contributed by atoms with Gasteiger partial charge in [-0.15, -0.1) is 0 Å². The Kier molecular flexibility index (Phi) is 4.82. The molecule has 0 aliphatic carbocycles. The molecule has 0 atom stereocenters. The third kappa shape index (κ3) is 4.52. The smallest absolute Gasteiger partial charge is 0.248 e. The summed E-state index contributed by atoms with van der Waals surface area (Å²) in [6.45, 7) is 1.84. The standard InChI is InChI=1S/C12H14N2O3S/c1-2-3-4-5-12(15)14-10-6-8-11(9-7-10)18(13,16)17/h2-9H,1H3,(H,14,15)(H2,13,16,17). The number of rotatable bonds is 4. The topological polar surface area (TPSA) is 89.3 Å². The van der Waals surface area contributed by atoms with E-state index in [1.54, 1.807) is 18.2 Å². The zero-order chi connectivity index (χ0) is 13.6. The summed E-state index contributed by atoms with van der Waals surface area (Å²) in [5, 5.41) is 7.54. The lowest BCUT2D eigenvalue weighted by Crippen LogP contribution is -2.12. The fraction of sp³-hybridized carbons (Fsp3) is 0.0833. The van der Waals surface area contributed by atoms with Crippen molar-refractivity contribution in [3.05, 3.63) is 48.6 Å². The van der Waals surface area contributed by atoms with Crippen molar-refractivity contribution < 1.29 is 13.2 Å². The maximum atomic E-state index is 11.4. The van der Waals surface area contributed by atoms with Crippen molar-refractivity contribution in [3.63, 3.8) is 0 Å². The van der Waals surface area contributed by atoms with E-state index in [1.165, 1.54) is 30.3 Å². The van der Waals surface area contributed by atoms with E-state index in [0.717, 1.165) is 0 Å². The van der Waals surface area contributed by atoms with Gasteiger partial charge in [0.25, 0.3) is 0 Å². The summed E-state index contributed by atoms with van der Waals surface area (Å²) in [6, 6.07) is 5.61. The molecule has 18 heavy (non-hydrogen) atoms. The molecule has 1 aromatic carbocycles. The zero-order valence-corrected chi connectivity index (χ0v) is 10.6. The number of nitrogens with two attached hydrogens (primary N) is 1. The molecule has 0 aliphatic heterocycles. The summed E-state index contributed by atoms with van der Waals surface area (Å²) in [5.41, 5.74) is 0.498. The van der Waals surface area contributed by atoms with Crippen LogP contribution in [0.2, 0.25) is 0 Å². The molecule has 0 saturated heterocycles. The Labute approximate surface area is 106 Å². The van der Waals surface area contributed by atoms with E-state index in [0.29, 0.717) is 5.69 Å². The fourth-order valence-electron chi connectivity index (χ4n) is 1.17. The molecule has 0 spiro atoms. The van der Waals surface area contributed by atoms with Crippen molar-refractivity contribution in [2.45, 2.75) is 11.8 Å². The van der Waals surface area contributed by atoms with Gasteiger partial charge in [0.05, 0.1) is 4.90 Å². The number of anilines is 1. The summed E-state index contributed by atoms with van der Waals surface area (Å²) >= 11 is 0. The van der Waals surface area contributed by atoms with Crippen LogP contribution in [0.5, 0.6) is 0 Å². The summed E-state index contributed by atoms with van der Waals surface area (Å²) in [4.78, 5) is 11.4. The van der Waals surface area contributed by atoms with E-state index >= 15 is 0 Å². The highest BCUT2D eigenvalue weighted by molar-refractivity contribution is 7.89. The molecular weight excluding hydrogens is 252 g/mol. The van der Waals surface area contributed by atoms with Crippen LogP contribution >= 0.6 is 0 Å². The van der Waals surface area contributed by atoms with Crippen molar-refractivity contribution >= 4 is 21.6 Å². The second kappa shape index (κ2) is 6.13. The molecule has 1 aromatic rings. The summed E-state index contributed by atoms with van der Waals surface area (Å²) in [6.07, 6.45) is 6.50. The lowest BCUT2D eigenvalue weighted by molar-refractivity contribution is -0.111. The second-order valence-electron chi connectivity index (χ2n) is 3.44. The van der Waals surface area contributed by atoms with Crippen molar-refractivity contribution in [2.24, 2.45) is 5.14 Å². The van der Waals surface area contributed by atoms with Gasteiger partial charge < -0.3 is 5.32 Å². The third-order valence-electron chi connectivity index (χ3n) is 2.00. The highest BCUT2D eigenvalue weighted by atomic mass is 32.2. The number of allylic oxidation sites excluding steroid dienone is 3. The van der Waals surface area contributed by atoms with Gasteiger partial charge in [0.2, 0.25) is 15.9 Å². The van der Waals surface area contributed by atoms with Crippen LogP contribution in [0.15, 0.2) is 53.5 Å². The number of carbonyl (C=O) groups is 1. The number of primary sulfonamides is 1. The van der Waals surface area contributed by atoms with Crippen LogP contribution in [0.25, 0.3) is 0 Å². The molecule has 0 heterocycles. The van der Waals surface area contributed by atoms with E-state index in [4.69, 9.17) is 5.14 Å². The molecule has 1 rings (SSSR count). The first-order valence-electron chi connectivity index (χ1n) is 5.16. The van der Waals surface area contributed by atoms with Gasteiger partial charge in [0.1, 0.15) is 0 Å². The summed E-state index contributed by atoms with van der Waals surface area (Å²) < 4.78 is 22.0. The molecule has 0 saturated carbocycles. The number of hydrogen-bond acceptors (Lipinski definition) is 3. The van der Waals surface area contributed by atoms with E-state index in [2.05, 4.69) is 5.32 Å². The van der Waals surface area contributed by atoms with Gasteiger partial charge in [0, 0.05) is 11.8 Å². The summed E-state index contributed by atoms with van der Waals surface area (Å²) in [5.74, 6) is -0.295. The molecule has 3 N–H and O–H groups in total. The van der Waals surface area contributed by atoms with Crippen LogP contribution in [0.3, 0.4) is 0 Å². The van der Waals surface area contributed by atoms with Crippen LogP contribution in [-0.4, -0.2) is 14.3 Å². The molecule has 6 heteroatoms. The van der Waals surface area contributed by atoms with Crippen LogP contribution in [0.4, 0.5) is 5.69 Å². The SMILES string of the molecule is CC=CC=CC(=O)Nc1ccc(S(N)(=O)=O)cc1. The lowest BCUT2D eigenvalue weighted by atomic mass is 10.3. The molecule has 0 bridgehead atoms. The molecule has 1 amide bonds. The molecule has 0 aliphatic rings. The Hall–Kier alpha value is -1.92. The van der Waals surface area contributed by atoms with Gasteiger partial charge in [-0.3, -0.25) is 4.79 Å². The lowest BCUT2D eigenvalue weighted by Gasteiger charge is -2.03. The van der Waals surface area contributed by atoms with Crippen molar-refractivity contribution in [2.75, 3.05) is 5.32 Å². The van der Waals surface area contributed by atoms with E-state index in [9.17, 15) is 13.2 Å². The van der Waals surface area contributed by atoms with Crippen LogP contribution in [0.1, 0.15) is 6.92 Å². The molecule has 0 radical (unpaired) electrons. The van der Waals surface area contributed by atoms with Gasteiger partial charge in [-0.25, -0.2) is 13.6 Å². The molecule has 0 unspecified atom stereocenters.